The molecule has 27 heavy (non-hydrogen) atoms. The van der Waals surface area contributed by atoms with Crippen LogP contribution in [0, 0.1) is 12.7 Å². The molecule has 0 radical (unpaired) electrons. The van der Waals surface area contributed by atoms with Crippen LogP contribution in [0.3, 0.4) is 0 Å². The van der Waals surface area contributed by atoms with Gasteiger partial charge in [-0.25, -0.2) is 9.02 Å². The fraction of sp³-hybridized carbons (Fsp3) is 0.500. The third-order valence-corrected chi connectivity index (χ3v) is 4.61. The molecule has 1 unspecified atom stereocenters. The zero-order valence-corrected chi connectivity index (χ0v) is 15.2. The molecule has 0 aliphatic carbocycles. The minimum Gasteiger partial charge on any atom is -0.491 e. The number of carbonyl (C=O) groups is 1. The van der Waals surface area contributed by atoms with E-state index in [0.717, 1.165) is 6.42 Å². The number of likely N-dealkylation sites (tertiary alicyclic amines) is 1. The zero-order valence-electron chi connectivity index (χ0n) is 15.2. The van der Waals surface area contributed by atoms with Gasteiger partial charge in [0, 0.05) is 6.54 Å². The summed E-state index contributed by atoms with van der Waals surface area (Å²) in [4.78, 5) is 14.1. The minimum absolute atomic E-state index is 0.127. The molecule has 9 heteroatoms. The second-order valence-electron chi connectivity index (χ2n) is 6.84. The Kier molecular flexibility index (Phi) is 6.02. The van der Waals surface area contributed by atoms with E-state index in [0.29, 0.717) is 43.2 Å². The van der Waals surface area contributed by atoms with E-state index >= 15 is 0 Å². The number of carbonyl (C=O) groups excluding carboxylic acids is 1. The van der Waals surface area contributed by atoms with E-state index in [1.807, 2.05) is 4.90 Å². The molecule has 3 rings (SSSR count). The predicted octanol–water partition coefficient (Wildman–Crippen LogP) is 1.75. The molecule has 1 aromatic carbocycles. The van der Waals surface area contributed by atoms with E-state index < -0.39 is 5.60 Å². The normalized spacial score (nSPS) is 20.9. The standard InChI is InChI=1S/C18H23FN4O4/c1-13-17(22-27-21-13)20-16(24)11-23-9-2-7-18(25,8-10-23)12-26-15-5-3-14(19)4-6-15/h3-6,25H,2,7-12H2,1H3,(H,20,22,24). The third-order valence-electron chi connectivity index (χ3n) is 4.61. The molecule has 0 saturated carbocycles. The summed E-state index contributed by atoms with van der Waals surface area (Å²) in [6.45, 7) is 3.28. The summed E-state index contributed by atoms with van der Waals surface area (Å²) in [6, 6.07) is 5.71. The van der Waals surface area contributed by atoms with Gasteiger partial charge in [0.05, 0.1) is 12.1 Å². The van der Waals surface area contributed by atoms with E-state index in [1.54, 1.807) is 6.92 Å². The van der Waals surface area contributed by atoms with Crippen LogP contribution in [-0.4, -0.2) is 58.1 Å². The maximum absolute atomic E-state index is 12.9. The van der Waals surface area contributed by atoms with Crippen molar-refractivity contribution in [3.63, 3.8) is 0 Å². The summed E-state index contributed by atoms with van der Waals surface area (Å²) in [5.41, 5.74) is -0.460. The molecule has 1 amide bonds. The average Bonchev–Trinajstić information content (AvgIpc) is 2.94. The third kappa shape index (κ3) is 5.48. The van der Waals surface area contributed by atoms with Crippen molar-refractivity contribution < 1.29 is 23.7 Å². The quantitative estimate of drug-likeness (QED) is 0.790. The lowest BCUT2D eigenvalue weighted by Crippen LogP contribution is -2.38. The molecule has 0 bridgehead atoms. The minimum atomic E-state index is -0.980. The lowest BCUT2D eigenvalue weighted by atomic mass is 9.96. The van der Waals surface area contributed by atoms with Crippen LogP contribution in [-0.2, 0) is 4.79 Å². The van der Waals surface area contributed by atoms with Crippen LogP contribution >= 0.6 is 0 Å². The van der Waals surface area contributed by atoms with Gasteiger partial charge in [0.15, 0.2) is 5.82 Å². The van der Waals surface area contributed by atoms with E-state index in [9.17, 15) is 14.3 Å². The summed E-state index contributed by atoms with van der Waals surface area (Å²) >= 11 is 0. The molecule has 1 aliphatic heterocycles. The molecule has 8 nitrogen and oxygen atoms in total. The Labute approximate surface area is 156 Å². The van der Waals surface area contributed by atoms with Crippen LogP contribution in [0.4, 0.5) is 10.2 Å². The average molecular weight is 378 g/mol. The Morgan fingerprint density at radius 1 is 1.33 bits per heavy atom. The van der Waals surface area contributed by atoms with Crippen LogP contribution in [0.15, 0.2) is 28.9 Å². The number of ether oxygens (including phenoxy) is 1. The molecule has 2 aromatic rings. The number of benzene rings is 1. The van der Waals surface area contributed by atoms with Gasteiger partial charge in [-0.1, -0.05) is 5.16 Å². The summed E-state index contributed by atoms with van der Waals surface area (Å²) in [5.74, 6) is 0.295. The Morgan fingerprint density at radius 2 is 2.11 bits per heavy atom. The number of hydrogen-bond acceptors (Lipinski definition) is 7. The summed E-state index contributed by atoms with van der Waals surface area (Å²) in [5, 5.41) is 20.7. The monoisotopic (exact) mass is 378 g/mol. The summed E-state index contributed by atoms with van der Waals surface area (Å²) in [7, 11) is 0. The largest absolute Gasteiger partial charge is 0.491 e. The van der Waals surface area contributed by atoms with Gasteiger partial charge >= 0.3 is 0 Å². The molecule has 1 saturated heterocycles. The van der Waals surface area contributed by atoms with Crippen molar-refractivity contribution in [1.82, 2.24) is 15.2 Å². The maximum atomic E-state index is 12.9. The van der Waals surface area contributed by atoms with Gasteiger partial charge in [0.25, 0.3) is 0 Å². The molecular weight excluding hydrogens is 355 g/mol. The summed E-state index contributed by atoms with van der Waals surface area (Å²) in [6.07, 6.45) is 1.78. The van der Waals surface area contributed by atoms with Gasteiger partial charge in [-0.05, 0) is 62.2 Å². The van der Waals surface area contributed by atoms with Crippen molar-refractivity contribution in [1.29, 1.82) is 0 Å². The highest BCUT2D eigenvalue weighted by Crippen LogP contribution is 2.24. The molecule has 0 spiro atoms. The maximum Gasteiger partial charge on any atom is 0.239 e. The Hall–Kier alpha value is -2.52. The first-order chi connectivity index (χ1) is 12.9. The molecule has 1 fully saturated rings. The van der Waals surface area contributed by atoms with Crippen molar-refractivity contribution in [2.45, 2.75) is 31.8 Å². The highest BCUT2D eigenvalue weighted by Gasteiger charge is 2.31. The van der Waals surface area contributed by atoms with E-state index in [4.69, 9.17) is 4.74 Å². The van der Waals surface area contributed by atoms with Crippen LogP contribution < -0.4 is 10.1 Å². The van der Waals surface area contributed by atoms with E-state index in [1.165, 1.54) is 24.3 Å². The first kappa shape index (κ1) is 19.2. The van der Waals surface area contributed by atoms with Crippen LogP contribution in [0.2, 0.25) is 0 Å². The van der Waals surface area contributed by atoms with Crippen LogP contribution in [0.1, 0.15) is 25.0 Å². The fourth-order valence-corrected chi connectivity index (χ4v) is 3.01. The van der Waals surface area contributed by atoms with E-state index in [-0.39, 0.29) is 24.9 Å². The lowest BCUT2D eigenvalue weighted by molar-refractivity contribution is -0.117. The number of hydrogen-bond donors (Lipinski definition) is 2. The molecule has 1 aliphatic rings. The van der Waals surface area contributed by atoms with Gasteiger partial charge < -0.3 is 15.2 Å². The number of aliphatic hydroxyl groups is 1. The van der Waals surface area contributed by atoms with Crippen molar-refractivity contribution >= 4 is 11.7 Å². The number of nitrogens with one attached hydrogen (secondary N) is 1. The van der Waals surface area contributed by atoms with Crippen molar-refractivity contribution in [3.05, 3.63) is 35.8 Å². The van der Waals surface area contributed by atoms with Gasteiger partial charge in [-0.15, -0.1) is 0 Å². The molecule has 146 valence electrons. The molecule has 1 atom stereocenters. The topological polar surface area (TPSA) is 101 Å². The Balaban J connectivity index is 1.48. The second kappa shape index (κ2) is 8.45. The molecular formula is C18H23FN4O4. The SMILES string of the molecule is Cc1nonc1NC(=O)CN1CCCC(O)(COc2ccc(F)cc2)CC1. The number of anilines is 1. The number of amides is 1. The smallest absolute Gasteiger partial charge is 0.239 e. The number of aromatic nitrogens is 2. The number of rotatable bonds is 6. The highest BCUT2D eigenvalue weighted by molar-refractivity contribution is 5.91. The van der Waals surface area contributed by atoms with Crippen molar-refractivity contribution in [3.8, 4) is 5.75 Å². The first-order valence-corrected chi connectivity index (χ1v) is 8.86. The number of nitrogens with zero attached hydrogens (tertiary/aromatic N) is 3. The molecule has 1 aromatic heterocycles. The predicted molar refractivity (Wildman–Crippen MR) is 94.8 cm³/mol. The summed E-state index contributed by atoms with van der Waals surface area (Å²) < 4.78 is 23.1. The fourth-order valence-electron chi connectivity index (χ4n) is 3.01. The van der Waals surface area contributed by atoms with E-state index in [2.05, 4.69) is 20.3 Å². The van der Waals surface area contributed by atoms with Crippen LogP contribution in [0.25, 0.3) is 0 Å². The van der Waals surface area contributed by atoms with Gasteiger partial charge in [-0.3, -0.25) is 9.69 Å². The van der Waals surface area contributed by atoms with Gasteiger partial charge in [0.2, 0.25) is 5.91 Å². The number of aryl methyl sites for hydroxylation is 1. The molecule has 2 heterocycles. The lowest BCUT2D eigenvalue weighted by Gasteiger charge is -2.27. The Bertz CT molecular complexity index is 767. The first-order valence-electron chi connectivity index (χ1n) is 8.86. The van der Waals surface area contributed by atoms with Crippen molar-refractivity contribution in [2.75, 3.05) is 31.6 Å². The van der Waals surface area contributed by atoms with Crippen molar-refractivity contribution in [2.24, 2.45) is 0 Å². The van der Waals surface area contributed by atoms with Crippen LogP contribution in [0.5, 0.6) is 5.75 Å². The van der Waals surface area contributed by atoms with Gasteiger partial charge in [0.1, 0.15) is 23.9 Å². The highest BCUT2D eigenvalue weighted by atomic mass is 19.1. The van der Waals surface area contributed by atoms with Gasteiger partial charge in [-0.2, -0.15) is 0 Å². The Morgan fingerprint density at radius 3 is 2.81 bits per heavy atom. The zero-order chi connectivity index (χ0) is 19.3. The number of halogens is 1. The second-order valence-corrected chi connectivity index (χ2v) is 6.84. The molecule has 2 N–H and O–H groups in total.